The Morgan fingerprint density at radius 1 is 0.944 bits per heavy atom. The van der Waals surface area contributed by atoms with E-state index in [1.807, 2.05) is 73.7 Å². The summed E-state index contributed by atoms with van der Waals surface area (Å²) in [5, 5.41) is 17.6. The normalized spacial score (nSPS) is 12.6. The van der Waals surface area contributed by atoms with Gasteiger partial charge in [0.1, 0.15) is 11.0 Å². The van der Waals surface area contributed by atoms with Crippen molar-refractivity contribution in [2.24, 2.45) is 0 Å². The Hall–Kier alpha value is -4.44. The number of aromatic nitrogens is 2. The Bertz CT molecular complexity index is 1390. The highest BCUT2D eigenvalue weighted by molar-refractivity contribution is 7.18. The summed E-state index contributed by atoms with van der Waals surface area (Å²) in [5.74, 6) is 0.919. The van der Waals surface area contributed by atoms with Crippen molar-refractivity contribution >= 4 is 34.1 Å². The molecule has 1 atom stereocenters. The van der Waals surface area contributed by atoms with Gasteiger partial charge in [-0.3, -0.25) is 10.1 Å². The van der Waals surface area contributed by atoms with Crippen molar-refractivity contribution < 1.29 is 19.1 Å². The molecule has 1 aliphatic rings. The molecule has 36 heavy (non-hydrogen) atoms. The van der Waals surface area contributed by atoms with Gasteiger partial charge in [0.05, 0.1) is 0 Å². The first-order valence-electron chi connectivity index (χ1n) is 11.3. The van der Waals surface area contributed by atoms with Crippen LogP contribution in [-0.2, 0) is 11.2 Å². The van der Waals surface area contributed by atoms with Gasteiger partial charge in [-0.15, -0.1) is 10.2 Å². The number of benzene rings is 3. The first-order chi connectivity index (χ1) is 17.5. The minimum atomic E-state index is -0.839. The second-order valence-electron chi connectivity index (χ2n) is 8.13. The molecule has 0 fully saturated rings. The van der Waals surface area contributed by atoms with Crippen molar-refractivity contribution in [1.29, 1.82) is 0 Å². The molecule has 1 aliphatic heterocycles. The Labute approximate surface area is 211 Å². The van der Waals surface area contributed by atoms with Crippen LogP contribution in [0.5, 0.6) is 11.5 Å². The predicted molar refractivity (Wildman–Crippen MR) is 137 cm³/mol. The van der Waals surface area contributed by atoms with Crippen LogP contribution in [0.25, 0.3) is 10.6 Å². The van der Waals surface area contributed by atoms with Crippen molar-refractivity contribution in [3.8, 4) is 22.1 Å². The van der Waals surface area contributed by atoms with Crippen LogP contribution < -0.4 is 25.4 Å². The number of nitrogens with one attached hydrogen (secondary N) is 3. The summed E-state index contributed by atoms with van der Waals surface area (Å²) in [6, 6.07) is 21.1. The van der Waals surface area contributed by atoms with Crippen LogP contribution >= 0.6 is 11.3 Å². The number of hydrogen-bond donors (Lipinski definition) is 3. The molecule has 10 heteroatoms. The zero-order valence-electron chi connectivity index (χ0n) is 19.4. The maximum Gasteiger partial charge on any atom is 0.319 e. The first kappa shape index (κ1) is 23.3. The molecule has 0 radical (unpaired) electrons. The summed E-state index contributed by atoms with van der Waals surface area (Å²) in [7, 11) is 0. The number of urea groups is 1. The van der Waals surface area contributed by atoms with Gasteiger partial charge in [0, 0.05) is 17.7 Å². The summed E-state index contributed by atoms with van der Waals surface area (Å²) in [5.41, 5.74) is 3.30. The number of anilines is 2. The monoisotopic (exact) mass is 501 g/mol. The van der Waals surface area contributed by atoms with E-state index in [1.165, 1.54) is 11.3 Å². The largest absolute Gasteiger partial charge is 0.454 e. The Kier molecular flexibility index (Phi) is 6.76. The van der Waals surface area contributed by atoms with Crippen molar-refractivity contribution in [3.63, 3.8) is 0 Å². The Morgan fingerprint density at radius 2 is 1.72 bits per heavy atom. The van der Waals surface area contributed by atoms with E-state index in [4.69, 9.17) is 9.47 Å². The lowest BCUT2D eigenvalue weighted by Gasteiger charge is -2.18. The van der Waals surface area contributed by atoms with Gasteiger partial charge in [-0.1, -0.05) is 59.9 Å². The van der Waals surface area contributed by atoms with Gasteiger partial charge in [-0.05, 0) is 42.3 Å². The van der Waals surface area contributed by atoms with Crippen LogP contribution in [0.4, 0.5) is 15.6 Å². The van der Waals surface area contributed by atoms with Crippen LogP contribution in [0, 0.1) is 6.92 Å². The highest BCUT2D eigenvalue weighted by Gasteiger charge is 2.23. The second kappa shape index (κ2) is 10.4. The fraction of sp³-hybridized carbons (Fsp3) is 0.154. The molecular formula is C26H23N5O4S. The molecule has 5 rings (SSSR count). The number of aryl methyl sites for hydroxylation is 1. The van der Waals surface area contributed by atoms with Crippen molar-refractivity contribution in [2.75, 3.05) is 17.4 Å². The first-order valence-corrected chi connectivity index (χ1v) is 12.1. The van der Waals surface area contributed by atoms with Gasteiger partial charge in [0.15, 0.2) is 11.5 Å². The second-order valence-corrected chi connectivity index (χ2v) is 9.10. The SMILES string of the molecule is Cc1ccccc1NC(=O)NC(Cc1ccccc1)C(=O)Nc1nnc(-c2ccc3c(c2)OCO3)s1. The maximum absolute atomic E-state index is 13.2. The molecule has 3 amide bonds. The summed E-state index contributed by atoms with van der Waals surface area (Å²) in [6.45, 7) is 2.08. The van der Waals surface area contributed by atoms with E-state index < -0.39 is 18.0 Å². The molecule has 0 saturated carbocycles. The van der Waals surface area contributed by atoms with Gasteiger partial charge in [0.25, 0.3) is 0 Å². The molecule has 0 bridgehead atoms. The summed E-state index contributed by atoms with van der Waals surface area (Å²) < 4.78 is 10.8. The molecule has 2 heterocycles. The van der Waals surface area contributed by atoms with Gasteiger partial charge < -0.3 is 20.1 Å². The molecule has 182 valence electrons. The molecule has 1 aromatic heterocycles. The molecule has 3 aromatic carbocycles. The number of amides is 3. The fourth-order valence-electron chi connectivity index (χ4n) is 3.70. The molecule has 3 N–H and O–H groups in total. The fourth-order valence-corrected chi connectivity index (χ4v) is 4.44. The lowest BCUT2D eigenvalue weighted by atomic mass is 10.1. The number of hydrogen-bond acceptors (Lipinski definition) is 7. The number of ether oxygens (including phenoxy) is 2. The van der Waals surface area contributed by atoms with E-state index in [0.717, 1.165) is 16.7 Å². The number of para-hydroxylation sites is 1. The van der Waals surface area contributed by atoms with Gasteiger partial charge in [0.2, 0.25) is 17.8 Å². The third-order valence-electron chi connectivity index (χ3n) is 5.57. The van der Waals surface area contributed by atoms with E-state index in [1.54, 1.807) is 6.07 Å². The van der Waals surface area contributed by atoms with E-state index in [0.29, 0.717) is 33.7 Å². The minimum absolute atomic E-state index is 0.184. The predicted octanol–water partition coefficient (Wildman–Crippen LogP) is 4.61. The molecule has 0 spiro atoms. The van der Waals surface area contributed by atoms with E-state index >= 15 is 0 Å². The van der Waals surface area contributed by atoms with Gasteiger partial charge in [-0.2, -0.15) is 0 Å². The molecule has 0 saturated heterocycles. The number of rotatable bonds is 7. The molecule has 9 nitrogen and oxygen atoms in total. The quantitative estimate of drug-likeness (QED) is 0.341. The molecular weight excluding hydrogens is 478 g/mol. The van der Waals surface area contributed by atoms with Crippen molar-refractivity contribution in [1.82, 2.24) is 15.5 Å². The van der Waals surface area contributed by atoms with Crippen molar-refractivity contribution in [3.05, 3.63) is 83.9 Å². The van der Waals surface area contributed by atoms with E-state index in [-0.39, 0.29) is 6.79 Å². The van der Waals surface area contributed by atoms with Crippen LogP contribution in [0.1, 0.15) is 11.1 Å². The lowest BCUT2D eigenvalue weighted by molar-refractivity contribution is -0.117. The summed E-state index contributed by atoms with van der Waals surface area (Å²) in [6.07, 6.45) is 0.307. The van der Waals surface area contributed by atoms with E-state index in [2.05, 4.69) is 26.1 Å². The molecule has 0 aliphatic carbocycles. The molecule has 4 aromatic rings. The average Bonchev–Trinajstić information content (AvgIpc) is 3.55. The van der Waals surface area contributed by atoms with Gasteiger partial charge >= 0.3 is 6.03 Å². The topological polar surface area (TPSA) is 114 Å². The van der Waals surface area contributed by atoms with Crippen LogP contribution in [0.15, 0.2) is 72.8 Å². The zero-order chi connectivity index (χ0) is 24.9. The zero-order valence-corrected chi connectivity index (χ0v) is 20.2. The van der Waals surface area contributed by atoms with Crippen LogP contribution in [0.2, 0.25) is 0 Å². The Balaban J connectivity index is 1.30. The smallest absolute Gasteiger partial charge is 0.319 e. The van der Waals surface area contributed by atoms with Crippen LogP contribution in [0.3, 0.4) is 0 Å². The molecule has 1 unspecified atom stereocenters. The van der Waals surface area contributed by atoms with Gasteiger partial charge in [-0.25, -0.2) is 4.79 Å². The number of carbonyl (C=O) groups is 2. The third kappa shape index (κ3) is 5.44. The Morgan fingerprint density at radius 3 is 2.56 bits per heavy atom. The number of nitrogens with zero attached hydrogens (tertiary/aromatic N) is 2. The van der Waals surface area contributed by atoms with Crippen molar-refractivity contribution in [2.45, 2.75) is 19.4 Å². The highest BCUT2D eigenvalue weighted by atomic mass is 32.1. The summed E-state index contributed by atoms with van der Waals surface area (Å²) >= 11 is 1.23. The highest BCUT2D eigenvalue weighted by Crippen LogP contribution is 2.37. The number of fused-ring (bicyclic) bond motifs is 1. The van der Waals surface area contributed by atoms with E-state index in [9.17, 15) is 9.59 Å². The summed E-state index contributed by atoms with van der Waals surface area (Å²) in [4.78, 5) is 26.0. The minimum Gasteiger partial charge on any atom is -0.454 e. The maximum atomic E-state index is 13.2. The number of carbonyl (C=O) groups excluding carboxylic acids is 2. The lowest BCUT2D eigenvalue weighted by Crippen LogP contribution is -2.47. The standard InChI is InChI=1S/C26H23N5O4S/c1-16-7-5-6-10-19(16)27-25(33)28-20(13-17-8-3-2-4-9-17)23(32)29-26-31-30-24(36-26)18-11-12-21-22(14-18)35-15-34-21/h2-12,14,20H,13,15H2,1H3,(H2,27,28,33)(H,29,31,32). The average molecular weight is 502 g/mol. The third-order valence-corrected chi connectivity index (χ3v) is 6.46. The van der Waals surface area contributed by atoms with Crippen LogP contribution in [-0.4, -0.2) is 35.0 Å².